The Hall–Kier alpha value is -1.61. The molecule has 2 rings (SSSR count). The molecule has 0 atom stereocenters. The van der Waals surface area contributed by atoms with Crippen LogP contribution in [0.25, 0.3) is 0 Å². The SMILES string of the molecule is Cc1oc(C)c(C(=O)Cc2cccc(Cl)c2F)c1C. The fourth-order valence-corrected chi connectivity index (χ4v) is 2.34. The van der Waals surface area contributed by atoms with Crippen LogP contribution in [0.4, 0.5) is 4.39 Å². The minimum absolute atomic E-state index is 0.0208. The molecule has 1 aromatic carbocycles. The van der Waals surface area contributed by atoms with Crippen LogP contribution in [-0.4, -0.2) is 5.78 Å². The number of hydrogen-bond donors (Lipinski definition) is 0. The van der Waals surface area contributed by atoms with Gasteiger partial charge >= 0.3 is 0 Å². The number of furan rings is 1. The first-order valence-corrected chi connectivity index (χ1v) is 6.32. The molecule has 0 saturated carbocycles. The van der Waals surface area contributed by atoms with Gasteiger partial charge in [-0.1, -0.05) is 23.7 Å². The van der Waals surface area contributed by atoms with Crippen molar-refractivity contribution in [2.24, 2.45) is 0 Å². The quantitative estimate of drug-likeness (QED) is 0.779. The first kappa shape index (κ1) is 13.8. The van der Waals surface area contributed by atoms with Crippen molar-refractivity contribution in [1.82, 2.24) is 0 Å². The van der Waals surface area contributed by atoms with Crippen LogP contribution in [0.1, 0.15) is 33.0 Å². The maximum Gasteiger partial charge on any atom is 0.171 e. The minimum atomic E-state index is -0.534. The fourth-order valence-electron chi connectivity index (χ4n) is 2.15. The molecule has 0 N–H and O–H groups in total. The highest BCUT2D eigenvalue weighted by Gasteiger charge is 2.20. The zero-order valence-electron chi connectivity index (χ0n) is 11.0. The number of carbonyl (C=O) groups excluding carboxylic acids is 1. The Kier molecular flexibility index (Phi) is 3.76. The molecule has 0 aliphatic rings. The van der Waals surface area contributed by atoms with Crippen LogP contribution in [0.5, 0.6) is 0 Å². The van der Waals surface area contributed by atoms with Crippen molar-refractivity contribution in [2.75, 3.05) is 0 Å². The number of ketones is 1. The molecule has 1 heterocycles. The second-order valence-electron chi connectivity index (χ2n) is 4.53. The number of rotatable bonds is 3. The van der Waals surface area contributed by atoms with Crippen LogP contribution in [-0.2, 0) is 6.42 Å². The number of Topliss-reactive ketones (excluding diaryl/α,β-unsaturated/α-hetero) is 1. The van der Waals surface area contributed by atoms with Gasteiger partial charge in [-0.3, -0.25) is 4.79 Å². The summed E-state index contributed by atoms with van der Waals surface area (Å²) in [6, 6.07) is 4.66. The molecule has 0 fully saturated rings. The summed E-state index contributed by atoms with van der Waals surface area (Å²) >= 11 is 5.71. The van der Waals surface area contributed by atoms with E-state index >= 15 is 0 Å². The predicted molar refractivity (Wildman–Crippen MR) is 72.4 cm³/mol. The Morgan fingerprint density at radius 1 is 1.26 bits per heavy atom. The summed E-state index contributed by atoms with van der Waals surface area (Å²) in [7, 11) is 0. The Labute approximate surface area is 116 Å². The predicted octanol–water partition coefficient (Wildman–Crippen LogP) is 4.42. The maximum absolute atomic E-state index is 13.8. The monoisotopic (exact) mass is 280 g/mol. The Morgan fingerprint density at radius 3 is 2.53 bits per heavy atom. The molecule has 2 nitrogen and oxygen atoms in total. The summed E-state index contributed by atoms with van der Waals surface area (Å²) in [5.41, 5.74) is 1.65. The zero-order valence-corrected chi connectivity index (χ0v) is 11.8. The molecule has 0 unspecified atom stereocenters. The minimum Gasteiger partial charge on any atom is -0.466 e. The van der Waals surface area contributed by atoms with E-state index in [0.29, 0.717) is 22.6 Å². The van der Waals surface area contributed by atoms with Crippen molar-refractivity contribution < 1.29 is 13.6 Å². The van der Waals surface area contributed by atoms with Crippen molar-refractivity contribution in [3.63, 3.8) is 0 Å². The molecule has 19 heavy (non-hydrogen) atoms. The molecule has 4 heteroatoms. The van der Waals surface area contributed by atoms with E-state index in [1.165, 1.54) is 6.07 Å². The molecule has 0 spiro atoms. The molecule has 0 amide bonds. The largest absolute Gasteiger partial charge is 0.466 e. The van der Waals surface area contributed by atoms with Gasteiger partial charge in [0, 0.05) is 12.0 Å². The van der Waals surface area contributed by atoms with Crippen LogP contribution in [0, 0.1) is 26.6 Å². The molecule has 2 aromatic rings. The van der Waals surface area contributed by atoms with Crippen molar-refractivity contribution in [3.05, 3.63) is 57.2 Å². The summed E-state index contributed by atoms with van der Waals surface area (Å²) < 4.78 is 19.2. The number of benzene rings is 1. The molecular formula is C15H14ClFO2. The van der Waals surface area contributed by atoms with Gasteiger partial charge in [-0.05, 0) is 32.4 Å². The molecule has 0 aliphatic carbocycles. The van der Waals surface area contributed by atoms with Crippen LogP contribution >= 0.6 is 11.6 Å². The first-order chi connectivity index (χ1) is 8.91. The molecule has 0 saturated heterocycles. The fraction of sp³-hybridized carbons (Fsp3) is 0.267. The Balaban J connectivity index is 2.34. The van der Waals surface area contributed by atoms with Crippen molar-refractivity contribution >= 4 is 17.4 Å². The number of hydrogen-bond acceptors (Lipinski definition) is 2. The molecule has 1 aromatic heterocycles. The van der Waals surface area contributed by atoms with E-state index in [4.69, 9.17) is 16.0 Å². The van der Waals surface area contributed by atoms with Gasteiger partial charge in [0.15, 0.2) is 5.78 Å². The van der Waals surface area contributed by atoms with Crippen LogP contribution < -0.4 is 0 Å². The van der Waals surface area contributed by atoms with Gasteiger partial charge in [0.05, 0.1) is 10.6 Å². The van der Waals surface area contributed by atoms with E-state index in [-0.39, 0.29) is 17.2 Å². The Bertz CT molecular complexity index is 644. The molecule has 100 valence electrons. The van der Waals surface area contributed by atoms with Gasteiger partial charge in [0.1, 0.15) is 17.3 Å². The zero-order chi connectivity index (χ0) is 14.2. The van der Waals surface area contributed by atoms with E-state index in [0.717, 1.165) is 5.56 Å². The third kappa shape index (κ3) is 2.56. The topological polar surface area (TPSA) is 30.2 Å². The molecule has 0 bridgehead atoms. The van der Waals surface area contributed by atoms with Gasteiger partial charge in [-0.2, -0.15) is 0 Å². The third-order valence-electron chi connectivity index (χ3n) is 3.22. The second-order valence-corrected chi connectivity index (χ2v) is 4.93. The van der Waals surface area contributed by atoms with Crippen LogP contribution in [0.15, 0.2) is 22.6 Å². The lowest BCUT2D eigenvalue weighted by molar-refractivity contribution is 0.0990. The van der Waals surface area contributed by atoms with E-state index in [2.05, 4.69) is 0 Å². The van der Waals surface area contributed by atoms with Crippen molar-refractivity contribution in [1.29, 1.82) is 0 Å². The average molecular weight is 281 g/mol. The first-order valence-electron chi connectivity index (χ1n) is 5.94. The van der Waals surface area contributed by atoms with Crippen molar-refractivity contribution in [2.45, 2.75) is 27.2 Å². The lowest BCUT2D eigenvalue weighted by Gasteiger charge is -2.04. The van der Waals surface area contributed by atoms with Crippen LogP contribution in [0.3, 0.4) is 0 Å². The summed E-state index contributed by atoms with van der Waals surface area (Å²) in [4.78, 5) is 12.3. The van der Waals surface area contributed by atoms with Gasteiger partial charge in [-0.15, -0.1) is 0 Å². The highest BCUT2D eigenvalue weighted by atomic mass is 35.5. The summed E-state index contributed by atoms with van der Waals surface area (Å²) in [6.45, 7) is 5.37. The standard InChI is InChI=1S/C15H14ClFO2/c1-8-9(2)19-10(3)14(8)13(18)7-11-5-4-6-12(16)15(11)17/h4-6H,7H2,1-3H3. The molecule has 0 aliphatic heterocycles. The van der Waals surface area contributed by atoms with E-state index in [9.17, 15) is 9.18 Å². The summed E-state index contributed by atoms with van der Waals surface area (Å²) in [6.07, 6.45) is -0.0208. The van der Waals surface area contributed by atoms with Gasteiger partial charge in [0.2, 0.25) is 0 Å². The molecular weight excluding hydrogens is 267 g/mol. The smallest absolute Gasteiger partial charge is 0.171 e. The lowest BCUT2D eigenvalue weighted by atomic mass is 9.99. The summed E-state index contributed by atoms with van der Waals surface area (Å²) in [5.74, 6) is 0.593. The van der Waals surface area contributed by atoms with E-state index in [1.807, 2.05) is 6.92 Å². The average Bonchev–Trinajstić information content (AvgIpc) is 2.59. The highest BCUT2D eigenvalue weighted by Crippen LogP contribution is 2.24. The van der Waals surface area contributed by atoms with Gasteiger partial charge in [0.25, 0.3) is 0 Å². The lowest BCUT2D eigenvalue weighted by Crippen LogP contribution is -2.07. The number of halogens is 2. The van der Waals surface area contributed by atoms with Gasteiger partial charge < -0.3 is 4.42 Å². The normalized spacial score (nSPS) is 10.8. The Morgan fingerprint density at radius 2 is 1.95 bits per heavy atom. The highest BCUT2D eigenvalue weighted by molar-refractivity contribution is 6.30. The third-order valence-corrected chi connectivity index (χ3v) is 3.51. The second kappa shape index (κ2) is 5.17. The van der Waals surface area contributed by atoms with E-state index < -0.39 is 5.82 Å². The van der Waals surface area contributed by atoms with Gasteiger partial charge in [-0.25, -0.2) is 4.39 Å². The van der Waals surface area contributed by atoms with Crippen LogP contribution in [0.2, 0.25) is 5.02 Å². The number of carbonyl (C=O) groups is 1. The number of aryl methyl sites for hydroxylation is 2. The van der Waals surface area contributed by atoms with E-state index in [1.54, 1.807) is 26.0 Å². The van der Waals surface area contributed by atoms with Crippen molar-refractivity contribution in [3.8, 4) is 0 Å². The molecule has 0 radical (unpaired) electrons. The summed E-state index contributed by atoms with van der Waals surface area (Å²) in [5, 5.41) is 0.0297. The maximum atomic E-state index is 13.8.